The number of nitrogens with two attached hydrogens (primary N) is 1. The molecular formula is C15H14F3NO. The van der Waals surface area contributed by atoms with E-state index in [9.17, 15) is 13.2 Å². The Labute approximate surface area is 115 Å². The van der Waals surface area contributed by atoms with Gasteiger partial charge < -0.3 is 10.5 Å². The molecule has 0 aromatic heterocycles. The second kappa shape index (κ2) is 5.96. The van der Waals surface area contributed by atoms with Gasteiger partial charge in [-0.3, -0.25) is 0 Å². The summed E-state index contributed by atoms with van der Waals surface area (Å²) in [5.41, 5.74) is 6.34. The van der Waals surface area contributed by atoms with E-state index in [2.05, 4.69) is 0 Å². The molecule has 0 radical (unpaired) electrons. The molecule has 0 aliphatic rings. The van der Waals surface area contributed by atoms with Gasteiger partial charge >= 0.3 is 0 Å². The summed E-state index contributed by atoms with van der Waals surface area (Å²) in [5.74, 6) is -3.36. The van der Waals surface area contributed by atoms with Crippen molar-refractivity contribution in [3.05, 3.63) is 59.4 Å². The molecule has 0 fully saturated rings. The van der Waals surface area contributed by atoms with Crippen molar-refractivity contribution in [2.75, 3.05) is 0 Å². The van der Waals surface area contributed by atoms with E-state index in [0.717, 1.165) is 6.07 Å². The van der Waals surface area contributed by atoms with Gasteiger partial charge in [0.1, 0.15) is 0 Å². The molecule has 1 atom stereocenters. The van der Waals surface area contributed by atoms with E-state index in [1.165, 1.54) is 24.3 Å². The van der Waals surface area contributed by atoms with Crippen LogP contribution in [0.15, 0.2) is 36.4 Å². The summed E-state index contributed by atoms with van der Waals surface area (Å²) in [6.45, 7) is 1.81. The third-order valence-corrected chi connectivity index (χ3v) is 2.69. The molecule has 20 heavy (non-hydrogen) atoms. The van der Waals surface area contributed by atoms with Gasteiger partial charge in [0.25, 0.3) is 0 Å². The van der Waals surface area contributed by atoms with Crippen LogP contribution in [0.4, 0.5) is 13.2 Å². The number of rotatable bonds is 4. The Hall–Kier alpha value is -2.01. The maximum absolute atomic E-state index is 13.8. The molecule has 2 aromatic rings. The van der Waals surface area contributed by atoms with Crippen molar-refractivity contribution in [2.24, 2.45) is 5.73 Å². The molecule has 0 aliphatic heterocycles. The Morgan fingerprint density at radius 2 is 1.80 bits per heavy atom. The van der Waals surface area contributed by atoms with Gasteiger partial charge in [-0.05, 0) is 43.2 Å². The van der Waals surface area contributed by atoms with Crippen LogP contribution in [0.3, 0.4) is 0 Å². The van der Waals surface area contributed by atoms with Gasteiger partial charge in [-0.1, -0.05) is 12.1 Å². The predicted molar refractivity (Wildman–Crippen MR) is 70.2 cm³/mol. The highest BCUT2D eigenvalue weighted by atomic mass is 19.2. The van der Waals surface area contributed by atoms with Gasteiger partial charge in [-0.2, -0.15) is 4.39 Å². The first-order valence-corrected chi connectivity index (χ1v) is 6.13. The second-order valence-electron chi connectivity index (χ2n) is 4.60. The molecule has 2 nitrogen and oxygen atoms in total. The average molecular weight is 281 g/mol. The van der Waals surface area contributed by atoms with Crippen LogP contribution in [0.25, 0.3) is 0 Å². The Balaban J connectivity index is 2.24. The molecule has 2 aromatic carbocycles. The first-order chi connectivity index (χ1) is 9.47. The van der Waals surface area contributed by atoms with E-state index in [4.69, 9.17) is 10.5 Å². The largest absolute Gasteiger partial charge is 0.451 e. The standard InChI is InChI=1S/C15H14F3NO/c1-9(19)7-10-5-6-13(12(17)8-10)20-14-4-2-3-11(16)15(14)18/h2-6,8-9H,7,19H2,1H3. The van der Waals surface area contributed by atoms with Crippen LogP contribution in [0.2, 0.25) is 0 Å². The average Bonchev–Trinajstić information content (AvgIpc) is 2.37. The third-order valence-electron chi connectivity index (χ3n) is 2.69. The van der Waals surface area contributed by atoms with E-state index in [1.807, 2.05) is 6.92 Å². The van der Waals surface area contributed by atoms with Crippen molar-refractivity contribution in [3.63, 3.8) is 0 Å². The molecule has 5 heteroatoms. The maximum Gasteiger partial charge on any atom is 0.201 e. The summed E-state index contributed by atoms with van der Waals surface area (Å²) in [4.78, 5) is 0. The van der Waals surface area contributed by atoms with Crippen LogP contribution in [0, 0.1) is 17.5 Å². The molecule has 1 unspecified atom stereocenters. The van der Waals surface area contributed by atoms with Crippen LogP contribution in [0.5, 0.6) is 11.5 Å². The van der Waals surface area contributed by atoms with Crippen molar-refractivity contribution in [1.82, 2.24) is 0 Å². The van der Waals surface area contributed by atoms with E-state index < -0.39 is 17.5 Å². The van der Waals surface area contributed by atoms with Crippen LogP contribution in [-0.4, -0.2) is 6.04 Å². The van der Waals surface area contributed by atoms with Crippen LogP contribution < -0.4 is 10.5 Å². The Morgan fingerprint density at radius 3 is 2.45 bits per heavy atom. The highest BCUT2D eigenvalue weighted by Gasteiger charge is 2.12. The van der Waals surface area contributed by atoms with Gasteiger partial charge in [-0.15, -0.1) is 0 Å². The summed E-state index contributed by atoms with van der Waals surface area (Å²) < 4.78 is 45.4. The van der Waals surface area contributed by atoms with Gasteiger partial charge in [0.2, 0.25) is 5.82 Å². The maximum atomic E-state index is 13.8. The highest BCUT2D eigenvalue weighted by Crippen LogP contribution is 2.28. The molecule has 2 rings (SSSR count). The lowest BCUT2D eigenvalue weighted by atomic mass is 10.1. The zero-order valence-electron chi connectivity index (χ0n) is 10.9. The quantitative estimate of drug-likeness (QED) is 0.925. The molecule has 0 amide bonds. The number of ether oxygens (including phenoxy) is 1. The van der Waals surface area contributed by atoms with Crippen LogP contribution in [0.1, 0.15) is 12.5 Å². The minimum atomic E-state index is -1.15. The summed E-state index contributed by atoms with van der Waals surface area (Å²) >= 11 is 0. The predicted octanol–water partition coefficient (Wildman–Crippen LogP) is 3.79. The molecular weight excluding hydrogens is 267 g/mol. The molecule has 0 heterocycles. The zero-order chi connectivity index (χ0) is 14.7. The van der Waals surface area contributed by atoms with E-state index in [1.54, 1.807) is 6.07 Å². The van der Waals surface area contributed by atoms with Gasteiger partial charge in [0, 0.05) is 6.04 Å². The SMILES string of the molecule is CC(N)Cc1ccc(Oc2cccc(F)c2F)c(F)c1. The summed E-state index contributed by atoms with van der Waals surface area (Å²) in [6, 6.07) is 7.67. The molecule has 106 valence electrons. The van der Waals surface area contributed by atoms with Crippen LogP contribution in [-0.2, 0) is 6.42 Å². The fraction of sp³-hybridized carbons (Fsp3) is 0.200. The minimum absolute atomic E-state index is 0.0955. The summed E-state index contributed by atoms with van der Waals surface area (Å²) in [7, 11) is 0. The summed E-state index contributed by atoms with van der Waals surface area (Å²) in [6.07, 6.45) is 0.519. The fourth-order valence-corrected chi connectivity index (χ4v) is 1.81. The minimum Gasteiger partial charge on any atom is -0.451 e. The van der Waals surface area contributed by atoms with Crippen molar-refractivity contribution in [1.29, 1.82) is 0 Å². The van der Waals surface area contributed by atoms with Gasteiger partial charge in [0.05, 0.1) is 0 Å². The number of hydrogen-bond acceptors (Lipinski definition) is 2. The van der Waals surface area contributed by atoms with E-state index in [-0.39, 0.29) is 17.5 Å². The Morgan fingerprint density at radius 1 is 1.05 bits per heavy atom. The normalized spacial score (nSPS) is 12.2. The Bertz CT molecular complexity index is 614. The fourth-order valence-electron chi connectivity index (χ4n) is 1.81. The molecule has 2 N–H and O–H groups in total. The molecule has 0 saturated carbocycles. The van der Waals surface area contributed by atoms with Crippen molar-refractivity contribution in [2.45, 2.75) is 19.4 Å². The number of hydrogen-bond donors (Lipinski definition) is 1. The molecule has 0 saturated heterocycles. The third kappa shape index (κ3) is 3.30. The number of benzene rings is 2. The van der Waals surface area contributed by atoms with Crippen molar-refractivity contribution < 1.29 is 17.9 Å². The summed E-state index contributed by atoms with van der Waals surface area (Å²) in [5, 5.41) is 0. The molecule has 0 bridgehead atoms. The highest BCUT2D eigenvalue weighted by molar-refractivity contribution is 5.35. The monoisotopic (exact) mass is 281 g/mol. The topological polar surface area (TPSA) is 35.2 Å². The molecule has 0 spiro atoms. The van der Waals surface area contributed by atoms with Crippen molar-refractivity contribution >= 4 is 0 Å². The van der Waals surface area contributed by atoms with Crippen LogP contribution >= 0.6 is 0 Å². The van der Waals surface area contributed by atoms with Crippen molar-refractivity contribution in [3.8, 4) is 11.5 Å². The lowest BCUT2D eigenvalue weighted by Crippen LogP contribution is -2.17. The number of halogens is 3. The lowest BCUT2D eigenvalue weighted by molar-refractivity contribution is 0.396. The lowest BCUT2D eigenvalue weighted by Gasteiger charge is -2.10. The second-order valence-corrected chi connectivity index (χ2v) is 4.60. The van der Waals surface area contributed by atoms with E-state index in [0.29, 0.717) is 12.0 Å². The smallest absolute Gasteiger partial charge is 0.201 e. The van der Waals surface area contributed by atoms with Gasteiger partial charge in [-0.25, -0.2) is 8.78 Å². The van der Waals surface area contributed by atoms with Gasteiger partial charge in [0.15, 0.2) is 23.1 Å². The Kier molecular flexibility index (Phi) is 4.29. The van der Waals surface area contributed by atoms with E-state index >= 15 is 0 Å². The first kappa shape index (κ1) is 14.4. The zero-order valence-corrected chi connectivity index (χ0v) is 10.9. The first-order valence-electron chi connectivity index (χ1n) is 6.13. The molecule has 0 aliphatic carbocycles.